The highest BCUT2D eigenvalue weighted by molar-refractivity contribution is 6.30. The molecular formula is C14H18ClNO2. The van der Waals surface area contributed by atoms with Crippen LogP contribution in [0.1, 0.15) is 24.8 Å². The third-order valence-electron chi connectivity index (χ3n) is 3.20. The van der Waals surface area contributed by atoms with Crippen LogP contribution in [0.3, 0.4) is 0 Å². The second-order valence-electron chi connectivity index (χ2n) is 4.60. The molecule has 4 heteroatoms. The van der Waals surface area contributed by atoms with Gasteiger partial charge < -0.3 is 10.1 Å². The van der Waals surface area contributed by atoms with Crippen LogP contribution in [0.4, 0.5) is 0 Å². The van der Waals surface area contributed by atoms with Gasteiger partial charge in [0.25, 0.3) is 0 Å². The van der Waals surface area contributed by atoms with Crippen LogP contribution in [-0.2, 0) is 16.1 Å². The molecule has 0 aliphatic heterocycles. The average Bonchev–Trinajstić information content (AvgIpc) is 2.29. The number of nitrogens with one attached hydrogen (secondary N) is 1. The molecule has 0 amide bonds. The van der Waals surface area contributed by atoms with Gasteiger partial charge in [-0.25, -0.2) is 0 Å². The van der Waals surface area contributed by atoms with E-state index in [-0.39, 0.29) is 11.9 Å². The van der Waals surface area contributed by atoms with Crippen LogP contribution in [0.2, 0.25) is 5.02 Å². The summed E-state index contributed by atoms with van der Waals surface area (Å²) in [5.74, 6) is 0.135. The SMILES string of the molecule is O=C(OCCNCc1ccc(Cl)cc1)C1CCC1. The molecule has 1 aliphatic carbocycles. The molecule has 0 saturated heterocycles. The Morgan fingerprint density at radius 1 is 1.33 bits per heavy atom. The van der Waals surface area contributed by atoms with E-state index in [1.54, 1.807) is 0 Å². The van der Waals surface area contributed by atoms with Gasteiger partial charge in [0, 0.05) is 18.1 Å². The zero-order chi connectivity index (χ0) is 12.8. The van der Waals surface area contributed by atoms with Crippen molar-refractivity contribution in [2.24, 2.45) is 5.92 Å². The van der Waals surface area contributed by atoms with Crippen LogP contribution in [0, 0.1) is 5.92 Å². The monoisotopic (exact) mass is 267 g/mol. The molecule has 0 radical (unpaired) electrons. The number of benzene rings is 1. The quantitative estimate of drug-likeness (QED) is 0.636. The van der Waals surface area contributed by atoms with Gasteiger partial charge in [-0.05, 0) is 30.5 Å². The molecular weight excluding hydrogens is 250 g/mol. The third-order valence-corrected chi connectivity index (χ3v) is 3.46. The van der Waals surface area contributed by atoms with Crippen molar-refractivity contribution in [3.63, 3.8) is 0 Å². The van der Waals surface area contributed by atoms with E-state index >= 15 is 0 Å². The number of carbonyl (C=O) groups is 1. The molecule has 1 aromatic carbocycles. The van der Waals surface area contributed by atoms with E-state index in [1.165, 1.54) is 5.56 Å². The first-order valence-electron chi connectivity index (χ1n) is 6.37. The molecule has 1 saturated carbocycles. The van der Waals surface area contributed by atoms with Crippen molar-refractivity contribution < 1.29 is 9.53 Å². The predicted octanol–water partition coefficient (Wildman–Crippen LogP) is 2.77. The van der Waals surface area contributed by atoms with Gasteiger partial charge in [-0.3, -0.25) is 4.79 Å². The Morgan fingerprint density at radius 2 is 2.06 bits per heavy atom. The maximum Gasteiger partial charge on any atom is 0.308 e. The van der Waals surface area contributed by atoms with Crippen LogP contribution in [-0.4, -0.2) is 19.1 Å². The highest BCUT2D eigenvalue weighted by Crippen LogP contribution is 2.27. The average molecular weight is 268 g/mol. The molecule has 0 heterocycles. The van der Waals surface area contributed by atoms with Crippen molar-refractivity contribution in [3.05, 3.63) is 34.9 Å². The second-order valence-corrected chi connectivity index (χ2v) is 5.04. The Hall–Kier alpha value is -1.06. The first-order valence-corrected chi connectivity index (χ1v) is 6.75. The zero-order valence-electron chi connectivity index (χ0n) is 10.3. The minimum atomic E-state index is -0.0328. The van der Waals surface area contributed by atoms with Crippen molar-refractivity contribution in [1.82, 2.24) is 5.32 Å². The van der Waals surface area contributed by atoms with Gasteiger partial charge in [-0.15, -0.1) is 0 Å². The fourth-order valence-electron chi connectivity index (χ4n) is 1.82. The first kappa shape index (κ1) is 13.4. The zero-order valence-corrected chi connectivity index (χ0v) is 11.1. The molecule has 1 aliphatic rings. The highest BCUT2D eigenvalue weighted by Gasteiger charge is 2.26. The summed E-state index contributed by atoms with van der Waals surface area (Å²) < 4.78 is 5.18. The van der Waals surface area contributed by atoms with Crippen molar-refractivity contribution in [1.29, 1.82) is 0 Å². The second kappa shape index (κ2) is 6.76. The molecule has 98 valence electrons. The normalized spacial score (nSPS) is 15.2. The van der Waals surface area contributed by atoms with Crippen LogP contribution in [0.25, 0.3) is 0 Å². The van der Waals surface area contributed by atoms with Crippen LogP contribution >= 0.6 is 11.6 Å². The van der Waals surface area contributed by atoms with Crippen molar-refractivity contribution in [2.45, 2.75) is 25.8 Å². The summed E-state index contributed by atoms with van der Waals surface area (Å²) in [5, 5.41) is 3.97. The fourth-order valence-corrected chi connectivity index (χ4v) is 1.95. The number of hydrogen-bond acceptors (Lipinski definition) is 3. The number of ether oxygens (including phenoxy) is 1. The summed E-state index contributed by atoms with van der Waals surface area (Å²) in [7, 11) is 0. The van der Waals surface area contributed by atoms with E-state index in [1.807, 2.05) is 24.3 Å². The van der Waals surface area contributed by atoms with Gasteiger partial charge in [-0.2, -0.15) is 0 Å². The molecule has 1 N–H and O–H groups in total. The summed E-state index contributed by atoms with van der Waals surface area (Å²) in [4.78, 5) is 11.4. The Labute approximate surface area is 112 Å². The lowest BCUT2D eigenvalue weighted by Crippen LogP contribution is -2.27. The predicted molar refractivity (Wildman–Crippen MR) is 71.5 cm³/mol. The van der Waals surface area contributed by atoms with Crippen molar-refractivity contribution in [3.8, 4) is 0 Å². The topological polar surface area (TPSA) is 38.3 Å². The van der Waals surface area contributed by atoms with Gasteiger partial charge in [0.15, 0.2) is 0 Å². The summed E-state index contributed by atoms with van der Waals surface area (Å²) >= 11 is 5.80. The molecule has 0 bridgehead atoms. The molecule has 1 aromatic rings. The van der Waals surface area contributed by atoms with E-state index in [2.05, 4.69) is 5.32 Å². The number of esters is 1. The Kier molecular flexibility index (Phi) is 5.02. The number of hydrogen-bond donors (Lipinski definition) is 1. The Morgan fingerprint density at radius 3 is 2.67 bits per heavy atom. The number of rotatable bonds is 6. The Balaban J connectivity index is 1.55. The lowest BCUT2D eigenvalue weighted by molar-refractivity contribution is -0.151. The molecule has 0 unspecified atom stereocenters. The largest absolute Gasteiger partial charge is 0.464 e. The van der Waals surface area contributed by atoms with E-state index < -0.39 is 0 Å². The molecule has 1 fully saturated rings. The van der Waals surface area contributed by atoms with E-state index in [9.17, 15) is 4.79 Å². The van der Waals surface area contributed by atoms with Crippen molar-refractivity contribution >= 4 is 17.6 Å². The van der Waals surface area contributed by atoms with Crippen LogP contribution < -0.4 is 5.32 Å². The smallest absolute Gasteiger partial charge is 0.308 e. The summed E-state index contributed by atoms with van der Waals surface area (Å²) in [6, 6.07) is 7.70. The standard InChI is InChI=1S/C14H18ClNO2/c15-13-6-4-11(5-7-13)10-16-8-9-18-14(17)12-2-1-3-12/h4-7,12,16H,1-3,8-10H2. The minimum absolute atomic E-state index is 0.0328. The molecule has 0 spiro atoms. The molecule has 0 atom stereocenters. The number of halogens is 1. The van der Waals surface area contributed by atoms with Crippen LogP contribution in [0.5, 0.6) is 0 Å². The molecule has 2 rings (SSSR count). The van der Waals surface area contributed by atoms with Gasteiger partial charge >= 0.3 is 5.97 Å². The molecule has 3 nitrogen and oxygen atoms in total. The minimum Gasteiger partial charge on any atom is -0.464 e. The lowest BCUT2D eigenvalue weighted by atomic mass is 9.86. The lowest BCUT2D eigenvalue weighted by Gasteiger charge is -2.23. The van der Waals surface area contributed by atoms with Crippen LogP contribution in [0.15, 0.2) is 24.3 Å². The molecule has 0 aromatic heterocycles. The highest BCUT2D eigenvalue weighted by atomic mass is 35.5. The summed E-state index contributed by atoms with van der Waals surface area (Å²) in [5.41, 5.74) is 1.17. The van der Waals surface area contributed by atoms with Gasteiger partial charge in [0.2, 0.25) is 0 Å². The van der Waals surface area contributed by atoms with E-state index in [0.29, 0.717) is 13.2 Å². The Bertz CT molecular complexity index is 387. The molecule has 18 heavy (non-hydrogen) atoms. The summed E-state index contributed by atoms with van der Waals surface area (Å²) in [6.07, 6.45) is 3.16. The van der Waals surface area contributed by atoms with Gasteiger partial charge in [-0.1, -0.05) is 30.2 Å². The van der Waals surface area contributed by atoms with E-state index in [0.717, 1.165) is 30.8 Å². The van der Waals surface area contributed by atoms with Crippen molar-refractivity contribution in [2.75, 3.05) is 13.2 Å². The third kappa shape index (κ3) is 4.00. The maximum absolute atomic E-state index is 11.4. The number of carbonyl (C=O) groups excluding carboxylic acids is 1. The fraction of sp³-hybridized carbons (Fsp3) is 0.500. The van der Waals surface area contributed by atoms with Gasteiger partial charge in [0.1, 0.15) is 6.61 Å². The summed E-state index contributed by atoms with van der Waals surface area (Å²) in [6.45, 7) is 1.89. The first-order chi connectivity index (χ1) is 8.75. The van der Waals surface area contributed by atoms with Gasteiger partial charge in [0.05, 0.1) is 5.92 Å². The van der Waals surface area contributed by atoms with E-state index in [4.69, 9.17) is 16.3 Å². The maximum atomic E-state index is 11.4.